The lowest BCUT2D eigenvalue weighted by Gasteiger charge is -2.40. The Morgan fingerprint density at radius 1 is 0.435 bits per heavy atom. The highest BCUT2D eigenvalue weighted by Gasteiger charge is 2.54. The minimum atomic E-state index is -2.13. The molecule has 7 aliphatic carbocycles. The molecule has 15 rings (SSSR count). The zero-order valence-electron chi connectivity index (χ0n) is 63.1. The van der Waals surface area contributed by atoms with Gasteiger partial charge in [0.05, 0.1) is 0 Å². The number of benzene rings is 4. The fraction of sp³-hybridized carbons (Fsp3) is 0.457. The van der Waals surface area contributed by atoms with Gasteiger partial charge >= 0.3 is 0 Å². The third-order valence-electron chi connectivity index (χ3n) is 21.1. The second-order valence-electron chi connectivity index (χ2n) is 28.0. The Morgan fingerprint density at radius 3 is 1.54 bits per heavy atom. The van der Waals surface area contributed by atoms with Gasteiger partial charge in [0.1, 0.15) is 28.2 Å². The third-order valence-corrected chi connectivity index (χ3v) is 21.1. The maximum absolute atomic E-state index is 9.36. The van der Waals surface area contributed by atoms with E-state index in [2.05, 4.69) is 139 Å². The first-order valence-corrected chi connectivity index (χ1v) is 31.3. The Kier molecular flexibility index (Phi) is 12.9. The van der Waals surface area contributed by atoms with Crippen molar-refractivity contribution in [3.63, 3.8) is 0 Å². The predicted octanol–water partition coefficient (Wildman–Crippen LogP) is 18.6. The Morgan fingerprint density at radius 2 is 0.941 bits per heavy atom. The number of fused-ring (bicyclic) bond motifs is 16. The summed E-state index contributed by atoms with van der Waals surface area (Å²) in [5, 5.41) is 0. The van der Waals surface area contributed by atoms with Gasteiger partial charge in [0, 0.05) is 82.5 Å². The van der Waals surface area contributed by atoms with Gasteiger partial charge in [-0.25, -0.2) is 18.3 Å². The molecule has 0 aliphatic heterocycles. The summed E-state index contributed by atoms with van der Waals surface area (Å²) in [7, 11) is 8.30. The van der Waals surface area contributed by atoms with Crippen molar-refractivity contribution in [3.05, 3.63) is 211 Å². The molecule has 8 aromatic rings. The lowest BCUT2D eigenvalue weighted by molar-refractivity contribution is -0.661. The first-order chi connectivity index (χ1) is 43.8. The number of rotatable bonds is 4. The molecule has 85 heavy (non-hydrogen) atoms. The summed E-state index contributed by atoms with van der Waals surface area (Å²) >= 11 is 0. The predicted molar refractivity (Wildman–Crippen MR) is 355 cm³/mol. The minimum Gasteiger partial charge on any atom is -0.201 e. The number of pyridine rings is 4. The Hall–Kier alpha value is -6.52. The number of aryl methyl sites for hydroxylation is 11. The van der Waals surface area contributed by atoms with Crippen LogP contribution in [-0.4, -0.2) is 0 Å². The number of hydrogen-bond acceptors (Lipinski definition) is 0. The molecule has 3 fully saturated rings. The van der Waals surface area contributed by atoms with E-state index in [1.807, 2.05) is 87.6 Å². The van der Waals surface area contributed by atoms with E-state index in [-0.39, 0.29) is 18.3 Å². The fourth-order valence-corrected chi connectivity index (χ4v) is 16.3. The van der Waals surface area contributed by atoms with Gasteiger partial charge in [0.25, 0.3) is 0 Å². The van der Waals surface area contributed by atoms with Gasteiger partial charge in [0.2, 0.25) is 22.8 Å². The molecule has 0 amide bonds. The standard InChI is InChI=1S/C21H26N.C21H28N.2C19H22N.CH4/c1-13-6-7-15(14(2)12-13)20-19-16(10-11-22(20)5)17-8-9-18(19)21(17,3)4;1-15-9-7-8-10-16(15)19-13-17-18(14-22(19)6)21(4,5)12-11-20(17,2)3;2*1-12-4-7-16(13(2)10-12)19-18-15-6-5-14(11-15)17(18)8-9-20(19)3;/h6-7,10-12,17-18H,8-9H2,1-5H3;7-10,13-14H,11-12H2,1-6H3;2*4,7-10,14-15H,5-6,11H2,1-3H3;1H4/q4*+1;/i1D3,17D,18D;;1D3,14D,15D;;. The van der Waals surface area contributed by atoms with E-state index >= 15 is 0 Å². The molecule has 0 N–H and O–H groups in total. The summed E-state index contributed by atoms with van der Waals surface area (Å²) in [5.74, 6) is -1.28. The summed E-state index contributed by atoms with van der Waals surface area (Å²) in [6.07, 6.45) is 18.7. The maximum Gasteiger partial charge on any atom is 0.216 e. The van der Waals surface area contributed by atoms with E-state index in [0.717, 1.165) is 74.2 Å². The maximum atomic E-state index is 9.36. The minimum absolute atomic E-state index is 0. The van der Waals surface area contributed by atoms with Crippen molar-refractivity contribution in [1.82, 2.24) is 0 Å². The van der Waals surface area contributed by atoms with Crippen molar-refractivity contribution in [2.75, 3.05) is 0 Å². The lowest BCUT2D eigenvalue weighted by Crippen LogP contribution is -2.40. The third kappa shape index (κ3) is 10.6. The molecule has 0 spiro atoms. The zero-order chi connectivity index (χ0) is 68.2. The van der Waals surface area contributed by atoms with Gasteiger partial charge in [0.15, 0.2) is 24.8 Å². The number of hydrogen-bond donors (Lipinski definition) is 0. The second-order valence-corrected chi connectivity index (χ2v) is 28.0. The molecule has 442 valence electrons. The van der Waals surface area contributed by atoms with E-state index in [1.165, 1.54) is 82.4 Å². The van der Waals surface area contributed by atoms with Crippen LogP contribution in [0.15, 0.2) is 128 Å². The van der Waals surface area contributed by atoms with E-state index in [0.29, 0.717) is 36.8 Å². The Bertz CT molecular complexity index is 4390. The molecule has 4 heteroatoms. The smallest absolute Gasteiger partial charge is 0.201 e. The molecule has 4 heterocycles. The quantitative estimate of drug-likeness (QED) is 0.156. The molecule has 6 bridgehead atoms. The van der Waals surface area contributed by atoms with Crippen LogP contribution < -0.4 is 18.3 Å². The van der Waals surface area contributed by atoms with Gasteiger partial charge in [-0.15, -0.1) is 0 Å². The Balaban J connectivity index is 0.000000129. The van der Waals surface area contributed by atoms with Crippen molar-refractivity contribution in [1.29, 1.82) is 0 Å². The molecular formula is C81H102N4+4. The summed E-state index contributed by atoms with van der Waals surface area (Å²) < 4.78 is 90.7. The highest BCUT2D eigenvalue weighted by molar-refractivity contribution is 5.71. The molecule has 6 atom stereocenters. The summed E-state index contributed by atoms with van der Waals surface area (Å²) in [6.45, 7) is 19.9. The highest BCUT2D eigenvalue weighted by Crippen LogP contribution is 2.65. The lowest BCUT2D eigenvalue weighted by atomic mass is 9.63. The average molecular weight is 1140 g/mol. The summed E-state index contributed by atoms with van der Waals surface area (Å²) in [6, 6.07) is 34.9. The van der Waals surface area contributed by atoms with Crippen LogP contribution in [0.3, 0.4) is 0 Å². The van der Waals surface area contributed by atoms with Gasteiger partial charge in [-0.2, -0.15) is 0 Å². The Labute approximate surface area is 527 Å². The van der Waals surface area contributed by atoms with Crippen molar-refractivity contribution < 1.29 is 32.0 Å². The molecule has 4 nitrogen and oxygen atoms in total. The molecular weight excluding hydrogens is 1030 g/mol. The van der Waals surface area contributed by atoms with Crippen molar-refractivity contribution in [2.24, 2.45) is 33.6 Å². The number of aromatic nitrogens is 4. The molecule has 0 saturated heterocycles. The van der Waals surface area contributed by atoms with E-state index < -0.39 is 42.7 Å². The molecule has 4 aromatic carbocycles. The van der Waals surface area contributed by atoms with Crippen LogP contribution in [0, 0.1) is 53.7 Å². The first-order valence-electron chi connectivity index (χ1n) is 36.3. The normalized spacial score (nSPS) is 27.6. The molecule has 6 unspecified atom stereocenters. The van der Waals surface area contributed by atoms with E-state index in [9.17, 15) is 2.74 Å². The summed E-state index contributed by atoms with van der Waals surface area (Å²) in [4.78, 5) is 0. The van der Waals surface area contributed by atoms with Gasteiger partial charge in [-0.1, -0.05) is 120 Å². The van der Waals surface area contributed by atoms with Gasteiger partial charge < -0.3 is 0 Å². The van der Waals surface area contributed by atoms with E-state index in [4.69, 9.17) is 11.0 Å². The average Bonchev–Trinajstić information content (AvgIpc) is 1.51. The summed E-state index contributed by atoms with van der Waals surface area (Å²) in [5.41, 5.74) is 26.1. The topological polar surface area (TPSA) is 15.5 Å². The first kappa shape index (κ1) is 48.6. The second kappa shape index (κ2) is 22.6. The van der Waals surface area contributed by atoms with Gasteiger partial charge in [-0.3, -0.25) is 0 Å². The van der Waals surface area contributed by atoms with Crippen molar-refractivity contribution in [3.8, 4) is 45.0 Å². The van der Waals surface area contributed by atoms with E-state index in [1.54, 1.807) is 35.4 Å². The van der Waals surface area contributed by atoms with Crippen LogP contribution in [0.4, 0.5) is 0 Å². The van der Waals surface area contributed by atoms with Crippen LogP contribution in [0.25, 0.3) is 45.0 Å². The monoisotopic (exact) mass is 1140 g/mol. The van der Waals surface area contributed by atoms with Gasteiger partial charge in [-0.05, 0) is 233 Å². The van der Waals surface area contributed by atoms with Crippen LogP contribution in [0.1, 0.15) is 246 Å². The van der Waals surface area contributed by atoms with Crippen LogP contribution in [0.2, 0.25) is 0 Å². The molecule has 3 saturated carbocycles. The SMILES string of the molecule is C.Cc1ccc(-c2c3c(cc[n+]2C)C2CCC3C2)c(C)c1.Cc1ccccc1-c1cc2c(c[n+]1C)C(C)(C)CCC2(C)C.[2H]C([2H])([2H])c1ccc(-c2c3c(cc[n+]2C)C2([2H])CCC3([2H])C2(C)C)c(C)c1.[2H]C([2H])([2H])c1ccc(-c2c3c(cc[n+]2C)C2([2H])CCC3([2H])C2)c(C)c1. The van der Waals surface area contributed by atoms with Crippen LogP contribution in [-0.2, 0) is 39.0 Å². The van der Waals surface area contributed by atoms with Crippen LogP contribution in [0.5, 0.6) is 0 Å². The molecule has 0 radical (unpaired) electrons. The zero-order valence-corrected chi connectivity index (χ0v) is 53.1. The van der Waals surface area contributed by atoms with Crippen molar-refractivity contribution in [2.45, 2.75) is 208 Å². The fourth-order valence-electron chi connectivity index (χ4n) is 16.3. The largest absolute Gasteiger partial charge is 0.216 e. The van der Waals surface area contributed by atoms with Crippen molar-refractivity contribution >= 4 is 0 Å². The van der Waals surface area contributed by atoms with Crippen LogP contribution >= 0.6 is 0 Å². The molecule has 4 aromatic heterocycles. The highest BCUT2D eigenvalue weighted by atomic mass is 14.9. The molecule has 7 aliphatic rings. The number of nitrogens with zero attached hydrogens (tertiary/aromatic N) is 4.